The minimum Gasteiger partial charge on any atom is -0.493 e. The Morgan fingerprint density at radius 1 is 1.15 bits per heavy atom. The zero-order valence-electron chi connectivity index (χ0n) is 18.8. The van der Waals surface area contributed by atoms with Crippen LogP contribution >= 0.6 is 11.6 Å². The summed E-state index contributed by atoms with van der Waals surface area (Å²) in [5, 5.41) is 12.7. The number of hydrogen-bond donors (Lipinski definition) is 1. The van der Waals surface area contributed by atoms with Gasteiger partial charge < -0.3 is 14.8 Å². The van der Waals surface area contributed by atoms with Crippen LogP contribution in [0, 0.1) is 18.3 Å². The summed E-state index contributed by atoms with van der Waals surface area (Å²) in [5.41, 5.74) is 3.61. The van der Waals surface area contributed by atoms with Crippen LogP contribution in [0.3, 0.4) is 0 Å². The molecule has 0 radical (unpaired) electrons. The second-order valence-electron chi connectivity index (χ2n) is 7.59. The molecule has 0 bridgehead atoms. The number of hydrogen-bond acceptors (Lipinski definition) is 4. The molecule has 0 aromatic heterocycles. The van der Waals surface area contributed by atoms with Crippen LogP contribution in [0.15, 0.2) is 72.3 Å². The summed E-state index contributed by atoms with van der Waals surface area (Å²) in [6.45, 7) is 4.21. The number of carbonyl (C=O) groups is 1. The molecule has 33 heavy (non-hydrogen) atoms. The van der Waals surface area contributed by atoms with Gasteiger partial charge in [0.25, 0.3) is 5.91 Å². The lowest BCUT2D eigenvalue weighted by molar-refractivity contribution is -0.117. The molecule has 0 saturated carbocycles. The van der Waals surface area contributed by atoms with Crippen molar-refractivity contribution in [3.8, 4) is 17.6 Å². The molecular formula is C27H25ClN2O3. The average molecular weight is 461 g/mol. The molecule has 5 nitrogen and oxygen atoms in total. The third-order valence-electron chi connectivity index (χ3n) is 5.04. The third-order valence-corrected chi connectivity index (χ3v) is 5.32. The summed E-state index contributed by atoms with van der Waals surface area (Å²) in [5.74, 6) is 0.346. The Hall–Kier alpha value is -3.75. The first kappa shape index (κ1) is 23.9. The summed E-state index contributed by atoms with van der Waals surface area (Å²) >= 11 is 6.46. The van der Waals surface area contributed by atoms with E-state index in [9.17, 15) is 10.1 Å². The molecular weight excluding hydrogens is 436 g/mol. The molecule has 3 aromatic rings. The molecule has 0 aliphatic carbocycles. The van der Waals surface area contributed by atoms with Crippen molar-refractivity contribution in [3.05, 3.63) is 99.6 Å². The molecule has 1 N–H and O–H groups in total. The standard InChI is InChI=1S/C27H25ClN2O3/c1-18-8-7-9-20(12-18)17-33-26-24(28)14-21(15-25(26)32-3)13-23(16-29)27(31)30-19(2)22-10-5-4-6-11-22/h4-15,19H,17H2,1-3H3,(H,30,31)/b23-13-/t19-/m0/s1. The van der Waals surface area contributed by atoms with Crippen LogP contribution in [0.4, 0.5) is 0 Å². The Labute approximate surface area is 199 Å². The topological polar surface area (TPSA) is 71.3 Å². The molecule has 1 atom stereocenters. The van der Waals surface area contributed by atoms with Crippen molar-refractivity contribution in [2.75, 3.05) is 7.11 Å². The number of aryl methyl sites for hydroxylation is 1. The molecule has 0 aliphatic heterocycles. The van der Waals surface area contributed by atoms with Gasteiger partial charge in [-0.3, -0.25) is 4.79 Å². The molecule has 0 spiro atoms. The van der Waals surface area contributed by atoms with Crippen LogP contribution in [-0.2, 0) is 11.4 Å². The minimum atomic E-state index is -0.469. The molecule has 0 aliphatic rings. The van der Waals surface area contributed by atoms with Crippen molar-refractivity contribution < 1.29 is 14.3 Å². The van der Waals surface area contributed by atoms with Crippen LogP contribution in [0.5, 0.6) is 11.5 Å². The largest absolute Gasteiger partial charge is 0.493 e. The van der Waals surface area contributed by atoms with Crippen LogP contribution < -0.4 is 14.8 Å². The molecule has 0 heterocycles. The highest BCUT2D eigenvalue weighted by Gasteiger charge is 2.16. The fourth-order valence-electron chi connectivity index (χ4n) is 3.34. The van der Waals surface area contributed by atoms with Crippen LogP contribution in [0.25, 0.3) is 6.08 Å². The van der Waals surface area contributed by atoms with Gasteiger partial charge >= 0.3 is 0 Å². The van der Waals surface area contributed by atoms with Gasteiger partial charge in [0.15, 0.2) is 11.5 Å². The second-order valence-corrected chi connectivity index (χ2v) is 7.99. The highest BCUT2D eigenvalue weighted by Crippen LogP contribution is 2.37. The maximum atomic E-state index is 12.7. The Morgan fingerprint density at radius 2 is 1.91 bits per heavy atom. The number of halogens is 1. The predicted octanol–water partition coefficient (Wildman–Crippen LogP) is 6.02. The Morgan fingerprint density at radius 3 is 2.58 bits per heavy atom. The fraction of sp³-hybridized carbons (Fsp3) is 0.185. The van der Waals surface area contributed by atoms with E-state index < -0.39 is 5.91 Å². The van der Waals surface area contributed by atoms with E-state index in [1.54, 1.807) is 12.1 Å². The summed E-state index contributed by atoms with van der Waals surface area (Å²) in [6.07, 6.45) is 1.48. The number of nitriles is 1. The number of nitrogens with one attached hydrogen (secondary N) is 1. The third kappa shape index (κ3) is 6.38. The first-order valence-electron chi connectivity index (χ1n) is 10.4. The summed E-state index contributed by atoms with van der Waals surface area (Å²) in [7, 11) is 1.51. The van der Waals surface area contributed by atoms with Crippen LogP contribution in [0.1, 0.15) is 35.2 Å². The van der Waals surface area contributed by atoms with E-state index in [0.29, 0.717) is 28.7 Å². The van der Waals surface area contributed by atoms with Crippen molar-refractivity contribution in [1.82, 2.24) is 5.32 Å². The Kier molecular flexibility index (Phi) is 8.12. The Balaban J connectivity index is 1.79. The fourth-order valence-corrected chi connectivity index (χ4v) is 3.61. The van der Waals surface area contributed by atoms with Crippen molar-refractivity contribution in [2.24, 2.45) is 0 Å². The van der Waals surface area contributed by atoms with Gasteiger partial charge in [0.05, 0.1) is 18.2 Å². The maximum Gasteiger partial charge on any atom is 0.262 e. The first-order chi connectivity index (χ1) is 15.9. The second kappa shape index (κ2) is 11.2. The maximum absolute atomic E-state index is 12.7. The molecule has 0 unspecified atom stereocenters. The highest BCUT2D eigenvalue weighted by molar-refractivity contribution is 6.32. The summed E-state index contributed by atoms with van der Waals surface area (Å²) in [6, 6.07) is 22.6. The highest BCUT2D eigenvalue weighted by atomic mass is 35.5. The number of methoxy groups -OCH3 is 1. The first-order valence-corrected chi connectivity index (χ1v) is 10.8. The number of nitrogens with zero attached hydrogens (tertiary/aromatic N) is 1. The predicted molar refractivity (Wildman–Crippen MR) is 130 cm³/mol. The van der Waals surface area contributed by atoms with Crippen LogP contribution in [-0.4, -0.2) is 13.0 Å². The molecule has 0 fully saturated rings. The average Bonchev–Trinajstić information content (AvgIpc) is 2.82. The van der Waals surface area contributed by atoms with Gasteiger partial charge in [0.2, 0.25) is 0 Å². The van der Waals surface area contributed by atoms with E-state index in [4.69, 9.17) is 21.1 Å². The number of amides is 1. The van der Waals surface area contributed by atoms with Gasteiger partial charge in [0.1, 0.15) is 18.2 Å². The van der Waals surface area contributed by atoms with E-state index in [-0.39, 0.29) is 11.6 Å². The lowest BCUT2D eigenvalue weighted by atomic mass is 10.1. The van der Waals surface area contributed by atoms with Crippen molar-refractivity contribution in [1.29, 1.82) is 5.26 Å². The molecule has 1 amide bonds. The number of rotatable bonds is 8. The zero-order valence-corrected chi connectivity index (χ0v) is 19.5. The quantitative estimate of drug-likeness (QED) is 0.329. The zero-order chi connectivity index (χ0) is 23.8. The molecule has 3 rings (SSSR count). The van der Waals surface area contributed by atoms with E-state index in [1.807, 2.05) is 74.5 Å². The van der Waals surface area contributed by atoms with E-state index >= 15 is 0 Å². The molecule has 0 saturated heterocycles. The minimum absolute atomic E-state index is 0.0377. The molecule has 168 valence electrons. The van der Waals surface area contributed by atoms with E-state index in [0.717, 1.165) is 16.7 Å². The number of benzene rings is 3. The summed E-state index contributed by atoms with van der Waals surface area (Å²) < 4.78 is 11.4. The van der Waals surface area contributed by atoms with Gasteiger partial charge in [-0.2, -0.15) is 5.26 Å². The monoisotopic (exact) mass is 460 g/mol. The van der Waals surface area contributed by atoms with Gasteiger partial charge in [-0.1, -0.05) is 71.8 Å². The lowest BCUT2D eigenvalue weighted by Gasteiger charge is -2.15. The van der Waals surface area contributed by atoms with Gasteiger partial charge in [0, 0.05) is 0 Å². The lowest BCUT2D eigenvalue weighted by Crippen LogP contribution is -2.27. The molecule has 3 aromatic carbocycles. The van der Waals surface area contributed by atoms with E-state index in [2.05, 4.69) is 5.32 Å². The van der Waals surface area contributed by atoms with Gasteiger partial charge in [-0.25, -0.2) is 0 Å². The smallest absolute Gasteiger partial charge is 0.262 e. The summed E-state index contributed by atoms with van der Waals surface area (Å²) in [4.78, 5) is 12.7. The SMILES string of the molecule is COc1cc(/C=C(/C#N)C(=O)N[C@@H](C)c2ccccc2)cc(Cl)c1OCc1cccc(C)c1. The van der Waals surface area contributed by atoms with Crippen molar-refractivity contribution in [2.45, 2.75) is 26.5 Å². The van der Waals surface area contributed by atoms with Crippen molar-refractivity contribution in [3.63, 3.8) is 0 Å². The van der Waals surface area contributed by atoms with Gasteiger partial charge in [-0.05, 0) is 48.7 Å². The number of ether oxygens (including phenoxy) is 2. The Bertz CT molecular complexity index is 1200. The van der Waals surface area contributed by atoms with Crippen molar-refractivity contribution >= 4 is 23.6 Å². The van der Waals surface area contributed by atoms with Crippen LogP contribution in [0.2, 0.25) is 5.02 Å². The number of carbonyl (C=O) groups excluding carboxylic acids is 1. The van der Waals surface area contributed by atoms with Gasteiger partial charge in [-0.15, -0.1) is 0 Å². The van der Waals surface area contributed by atoms with E-state index in [1.165, 1.54) is 13.2 Å². The molecule has 6 heteroatoms. The normalized spacial score (nSPS) is 11.9.